The Morgan fingerprint density at radius 2 is 2.00 bits per heavy atom. The van der Waals surface area contributed by atoms with E-state index in [9.17, 15) is 4.55 Å². The van der Waals surface area contributed by atoms with E-state index in [0.717, 1.165) is 61.1 Å². The number of allylic oxidation sites excluding steroid dienone is 3. The Labute approximate surface area is 172 Å². The molecule has 6 nitrogen and oxygen atoms in total. The molecule has 4 heterocycles. The van der Waals surface area contributed by atoms with Crippen molar-refractivity contribution in [3.8, 4) is 0 Å². The molecule has 28 heavy (non-hydrogen) atoms. The van der Waals surface area contributed by atoms with Gasteiger partial charge in [-0.15, -0.1) is 21.8 Å². The molecule has 2 atom stereocenters. The van der Waals surface area contributed by atoms with Gasteiger partial charge in [-0.1, -0.05) is 12.1 Å². The number of aromatic nitrogens is 4. The molecule has 1 fully saturated rings. The number of piperidine rings is 1. The van der Waals surface area contributed by atoms with E-state index in [1.165, 1.54) is 0 Å². The van der Waals surface area contributed by atoms with Gasteiger partial charge < -0.3 is 9.45 Å². The summed E-state index contributed by atoms with van der Waals surface area (Å²) in [5.41, 5.74) is 2.25. The van der Waals surface area contributed by atoms with Crippen molar-refractivity contribution < 1.29 is 4.55 Å². The SMILES string of the molecule is [O-][S+]1CC2=C(C=CC(Cl)C2)n2c(nnc2C2CCN(c3ccccn3)CC2)C1. The molecular weight excluding hydrogens is 394 g/mol. The Morgan fingerprint density at radius 3 is 2.79 bits per heavy atom. The molecule has 1 aliphatic carbocycles. The van der Waals surface area contributed by atoms with Crippen LogP contribution in [-0.4, -0.2) is 48.5 Å². The van der Waals surface area contributed by atoms with Gasteiger partial charge in [-0.2, -0.15) is 0 Å². The minimum atomic E-state index is -0.965. The summed E-state index contributed by atoms with van der Waals surface area (Å²) in [6, 6.07) is 6.03. The first-order valence-electron chi connectivity index (χ1n) is 9.69. The molecule has 0 N–H and O–H groups in total. The lowest BCUT2D eigenvalue weighted by Crippen LogP contribution is -2.34. The molecule has 0 bridgehead atoms. The minimum Gasteiger partial charge on any atom is -0.616 e. The van der Waals surface area contributed by atoms with Crippen LogP contribution in [0, 0.1) is 0 Å². The number of rotatable bonds is 2. The van der Waals surface area contributed by atoms with Crippen molar-refractivity contribution in [3.05, 3.63) is 53.8 Å². The molecule has 5 rings (SSSR count). The summed E-state index contributed by atoms with van der Waals surface area (Å²) >= 11 is 5.36. The topological polar surface area (TPSA) is 69.9 Å². The van der Waals surface area contributed by atoms with Crippen LogP contribution >= 0.6 is 11.6 Å². The lowest BCUT2D eigenvalue weighted by molar-refractivity contribution is 0.478. The van der Waals surface area contributed by atoms with Gasteiger partial charge in [-0.3, -0.25) is 4.57 Å². The van der Waals surface area contributed by atoms with Gasteiger partial charge in [0.2, 0.25) is 0 Å². The zero-order chi connectivity index (χ0) is 19.1. The van der Waals surface area contributed by atoms with E-state index >= 15 is 0 Å². The van der Waals surface area contributed by atoms with E-state index in [-0.39, 0.29) is 5.38 Å². The van der Waals surface area contributed by atoms with Crippen molar-refractivity contribution >= 4 is 34.3 Å². The van der Waals surface area contributed by atoms with E-state index < -0.39 is 11.2 Å². The summed E-state index contributed by atoms with van der Waals surface area (Å²) in [6.07, 6.45) is 8.68. The fourth-order valence-electron chi connectivity index (χ4n) is 4.33. The Kier molecular flexibility index (Phi) is 4.90. The van der Waals surface area contributed by atoms with Gasteiger partial charge in [-0.25, -0.2) is 4.98 Å². The summed E-state index contributed by atoms with van der Waals surface area (Å²) < 4.78 is 14.7. The van der Waals surface area contributed by atoms with Crippen LogP contribution in [0.5, 0.6) is 0 Å². The van der Waals surface area contributed by atoms with Crippen molar-refractivity contribution in [1.29, 1.82) is 0 Å². The monoisotopic (exact) mass is 415 g/mol. The number of nitrogens with zero attached hydrogens (tertiary/aromatic N) is 5. The summed E-state index contributed by atoms with van der Waals surface area (Å²) in [4.78, 5) is 6.80. The van der Waals surface area contributed by atoms with Crippen molar-refractivity contribution in [2.75, 3.05) is 23.7 Å². The van der Waals surface area contributed by atoms with Crippen LogP contribution in [0.2, 0.25) is 0 Å². The Morgan fingerprint density at radius 1 is 1.14 bits per heavy atom. The highest BCUT2D eigenvalue weighted by Gasteiger charge is 2.33. The van der Waals surface area contributed by atoms with Crippen LogP contribution in [0.15, 0.2) is 42.1 Å². The maximum Gasteiger partial charge on any atom is 0.187 e. The molecular formula is C20H22ClN5OS. The summed E-state index contributed by atoms with van der Waals surface area (Å²) in [5, 5.41) is 8.94. The van der Waals surface area contributed by atoms with Crippen molar-refractivity contribution in [2.24, 2.45) is 0 Å². The lowest BCUT2D eigenvalue weighted by Gasteiger charge is -2.32. The smallest absolute Gasteiger partial charge is 0.187 e. The van der Waals surface area contributed by atoms with Crippen LogP contribution < -0.4 is 4.90 Å². The summed E-state index contributed by atoms with van der Waals surface area (Å²) in [7, 11) is 0. The molecule has 2 aliphatic heterocycles. The van der Waals surface area contributed by atoms with Gasteiger partial charge in [0, 0.05) is 30.8 Å². The minimum absolute atomic E-state index is 0.0289. The molecule has 2 aromatic heterocycles. The first kappa shape index (κ1) is 18.2. The third kappa shape index (κ3) is 3.36. The van der Waals surface area contributed by atoms with Gasteiger partial charge in [0.05, 0.1) is 11.1 Å². The van der Waals surface area contributed by atoms with Crippen LogP contribution in [0.1, 0.15) is 36.8 Å². The number of alkyl halides is 1. The molecule has 2 aromatic rings. The average molecular weight is 416 g/mol. The fourth-order valence-corrected chi connectivity index (χ4v) is 5.82. The highest BCUT2D eigenvalue weighted by molar-refractivity contribution is 7.90. The van der Waals surface area contributed by atoms with Crippen LogP contribution in [0.25, 0.3) is 5.70 Å². The average Bonchev–Trinajstić information content (AvgIpc) is 3.06. The number of hydrogen-bond acceptors (Lipinski definition) is 5. The lowest BCUT2D eigenvalue weighted by atomic mass is 9.95. The largest absolute Gasteiger partial charge is 0.616 e. The molecule has 1 saturated heterocycles. The van der Waals surface area contributed by atoms with E-state index in [1.54, 1.807) is 0 Å². The van der Waals surface area contributed by atoms with Gasteiger partial charge in [-0.05, 0) is 48.6 Å². The number of halogens is 1. The number of fused-ring (bicyclic) bond motifs is 2. The molecule has 0 radical (unpaired) electrons. The Hall–Kier alpha value is -1.83. The standard InChI is InChI=1S/C20H22ClN5OS/c21-16-4-5-17-15(11-16)12-28(27)13-19-23-24-20(26(17)19)14-6-9-25(10-7-14)18-3-1-2-8-22-18/h1-5,8,14,16H,6-7,9-13H2. The molecule has 8 heteroatoms. The van der Waals surface area contributed by atoms with Crippen molar-refractivity contribution in [1.82, 2.24) is 19.7 Å². The normalized spacial score (nSPS) is 25.4. The molecule has 3 aliphatic rings. The second kappa shape index (κ2) is 7.54. The van der Waals surface area contributed by atoms with Gasteiger partial charge >= 0.3 is 0 Å². The molecule has 2 unspecified atom stereocenters. The predicted octanol–water partition coefficient (Wildman–Crippen LogP) is 3.10. The predicted molar refractivity (Wildman–Crippen MR) is 112 cm³/mol. The number of pyridine rings is 1. The maximum atomic E-state index is 12.5. The maximum absolute atomic E-state index is 12.5. The first-order valence-corrected chi connectivity index (χ1v) is 11.6. The van der Waals surface area contributed by atoms with Gasteiger partial charge in [0.25, 0.3) is 0 Å². The summed E-state index contributed by atoms with van der Waals surface area (Å²) in [6.45, 7) is 1.89. The molecule has 0 aromatic carbocycles. The van der Waals surface area contributed by atoms with E-state index in [4.69, 9.17) is 11.6 Å². The number of hydrogen-bond donors (Lipinski definition) is 0. The zero-order valence-electron chi connectivity index (χ0n) is 15.5. The zero-order valence-corrected chi connectivity index (χ0v) is 17.1. The summed E-state index contributed by atoms with van der Waals surface area (Å²) in [5.74, 6) is 4.20. The van der Waals surface area contributed by atoms with E-state index in [1.807, 2.05) is 24.4 Å². The highest BCUT2D eigenvalue weighted by atomic mass is 35.5. The van der Waals surface area contributed by atoms with Crippen LogP contribution in [0.4, 0.5) is 5.82 Å². The van der Waals surface area contributed by atoms with Crippen LogP contribution in [0.3, 0.4) is 0 Å². The third-order valence-electron chi connectivity index (χ3n) is 5.72. The van der Waals surface area contributed by atoms with E-state index in [2.05, 4.69) is 36.8 Å². The van der Waals surface area contributed by atoms with E-state index in [0.29, 0.717) is 17.4 Å². The number of anilines is 1. The first-order chi connectivity index (χ1) is 13.7. The Balaban J connectivity index is 1.43. The fraction of sp³-hybridized carbons (Fsp3) is 0.450. The van der Waals surface area contributed by atoms with Crippen molar-refractivity contribution in [3.63, 3.8) is 0 Å². The van der Waals surface area contributed by atoms with Crippen molar-refractivity contribution in [2.45, 2.75) is 36.3 Å². The Bertz CT molecular complexity index is 920. The van der Waals surface area contributed by atoms with Crippen LogP contribution in [-0.2, 0) is 16.9 Å². The molecule has 0 amide bonds. The molecule has 0 saturated carbocycles. The van der Waals surface area contributed by atoms with Gasteiger partial charge in [0.1, 0.15) is 17.4 Å². The third-order valence-corrected chi connectivity index (χ3v) is 7.27. The second-order valence-electron chi connectivity index (χ2n) is 7.56. The molecule has 146 valence electrons. The van der Waals surface area contributed by atoms with Gasteiger partial charge in [0.15, 0.2) is 11.6 Å². The highest BCUT2D eigenvalue weighted by Crippen LogP contribution is 2.36. The quantitative estimate of drug-likeness (QED) is 0.556. The second-order valence-corrected chi connectivity index (χ2v) is 9.57. The molecule has 0 spiro atoms.